The summed E-state index contributed by atoms with van der Waals surface area (Å²) in [6.07, 6.45) is -0.343. The van der Waals surface area contributed by atoms with Crippen molar-refractivity contribution in [3.8, 4) is 11.5 Å². The third kappa shape index (κ3) is 3.25. The van der Waals surface area contributed by atoms with Crippen LogP contribution in [0.3, 0.4) is 0 Å². The fourth-order valence-electron chi connectivity index (χ4n) is 2.69. The topological polar surface area (TPSA) is 55.8 Å². The van der Waals surface area contributed by atoms with Gasteiger partial charge in [-0.05, 0) is 43.2 Å². The first-order valence-corrected chi connectivity index (χ1v) is 9.24. The molecule has 0 amide bonds. The third-order valence-corrected chi connectivity index (χ3v) is 6.03. The van der Waals surface area contributed by atoms with Crippen LogP contribution in [-0.4, -0.2) is 39.0 Å². The standard InChI is InChI=1S/C18H21NO4S/c1-13-8-9-14(2)18(10-13)24(20,21)19(3)11-15-12-22-16-6-4-5-7-17(16)23-15/h4-10,15H,11-12H2,1-3H3. The molecule has 2 aromatic carbocycles. The van der Waals surface area contributed by atoms with Crippen LogP contribution in [0.15, 0.2) is 47.4 Å². The van der Waals surface area contributed by atoms with E-state index in [1.807, 2.05) is 43.3 Å². The average molecular weight is 347 g/mol. The van der Waals surface area contributed by atoms with E-state index in [4.69, 9.17) is 9.47 Å². The maximum atomic E-state index is 12.9. The van der Waals surface area contributed by atoms with Crippen LogP contribution in [0.5, 0.6) is 11.5 Å². The zero-order valence-corrected chi connectivity index (χ0v) is 14.8. The second kappa shape index (κ2) is 6.45. The third-order valence-electron chi connectivity index (χ3n) is 4.06. The molecule has 3 rings (SSSR count). The van der Waals surface area contributed by atoms with Crippen LogP contribution in [0.1, 0.15) is 11.1 Å². The number of rotatable bonds is 4. The summed E-state index contributed by atoms with van der Waals surface area (Å²) >= 11 is 0. The molecular formula is C18H21NO4S. The maximum absolute atomic E-state index is 12.9. The van der Waals surface area contributed by atoms with E-state index in [0.717, 1.165) is 11.1 Å². The van der Waals surface area contributed by atoms with Crippen LogP contribution < -0.4 is 9.47 Å². The van der Waals surface area contributed by atoms with E-state index in [9.17, 15) is 8.42 Å². The van der Waals surface area contributed by atoms with Crippen molar-refractivity contribution in [2.45, 2.75) is 24.8 Å². The van der Waals surface area contributed by atoms with Gasteiger partial charge in [-0.2, -0.15) is 4.31 Å². The highest BCUT2D eigenvalue weighted by Gasteiger charge is 2.28. The van der Waals surface area contributed by atoms with Gasteiger partial charge in [0.15, 0.2) is 11.5 Å². The zero-order chi connectivity index (χ0) is 17.3. The molecule has 0 aromatic heterocycles. The van der Waals surface area contributed by atoms with Crippen molar-refractivity contribution < 1.29 is 17.9 Å². The number of likely N-dealkylation sites (N-methyl/N-ethyl adjacent to an activating group) is 1. The van der Waals surface area contributed by atoms with E-state index in [1.54, 1.807) is 20.0 Å². The molecule has 0 saturated carbocycles. The number of hydrogen-bond donors (Lipinski definition) is 0. The minimum absolute atomic E-state index is 0.226. The lowest BCUT2D eigenvalue weighted by Gasteiger charge is -2.29. The number of fused-ring (bicyclic) bond motifs is 1. The van der Waals surface area contributed by atoms with Gasteiger partial charge < -0.3 is 9.47 Å². The second-order valence-electron chi connectivity index (χ2n) is 6.05. The van der Waals surface area contributed by atoms with E-state index in [1.165, 1.54) is 4.31 Å². The molecule has 1 aliphatic rings. The van der Waals surface area contributed by atoms with Crippen LogP contribution in [-0.2, 0) is 10.0 Å². The Balaban J connectivity index is 1.77. The molecular weight excluding hydrogens is 326 g/mol. The van der Waals surface area contributed by atoms with Crippen LogP contribution in [0.4, 0.5) is 0 Å². The lowest BCUT2D eigenvalue weighted by atomic mass is 10.2. The Morgan fingerprint density at radius 2 is 1.83 bits per heavy atom. The van der Waals surface area contributed by atoms with E-state index >= 15 is 0 Å². The summed E-state index contributed by atoms with van der Waals surface area (Å²) in [4.78, 5) is 0.335. The van der Waals surface area contributed by atoms with E-state index in [-0.39, 0.29) is 12.6 Å². The monoisotopic (exact) mass is 347 g/mol. The fraction of sp³-hybridized carbons (Fsp3) is 0.333. The van der Waals surface area contributed by atoms with Crippen molar-refractivity contribution in [2.24, 2.45) is 0 Å². The molecule has 2 aromatic rings. The molecule has 128 valence electrons. The summed E-state index contributed by atoms with van der Waals surface area (Å²) in [5, 5.41) is 0. The number of ether oxygens (including phenoxy) is 2. The smallest absolute Gasteiger partial charge is 0.243 e. The summed E-state index contributed by atoms with van der Waals surface area (Å²) < 4.78 is 38.5. The SMILES string of the molecule is Cc1ccc(C)c(S(=O)(=O)N(C)CC2COc3ccccc3O2)c1. The number of benzene rings is 2. The first-order chi connectivity index (χ1) is 11.4. The Morgan fingerprint density at radius 3 is 2.58 bits per heavy atom. The predicted molar refractivity (Wildman–Crippen MR) is 92.1 cm³/mol. The van der Waals surface area contributed by atoms with Crippen LogP contribution in [0.2, 0.25) is 0 Å². The molecule has 0 radical (unpaired) electrons. The van der Waals surface area contributed by atoms with Crippen molar-refractivity contribution in [1.82, 2.24) is 4.31 Å². The highest BCUT2D eigenvalue weighted by molar-refractivity contribution is 7.89. The Kier molecular flexibility index (Phi) is 4.51. The van der Waals surface area contributed by atoms with Gasteiger partial charge >= 0.3 is 0 Å². The first-order valence-electron chi connectivity index (χ1n) is 7.80. The number of para-hydroxylation sites is 2. The largest absolute Gasteiger partial charge is 0.486 e. The molecule has 0 saturated heterocycles. The van der Waals surface area contributed by atoms with Gasteiger partial charge in [-0.25, -0.2) is 8.42 Å². The molecule has 6 heteroatoms. The van der Waals surface area contributed by atoms with Crippen molar-refractivity contribution in [1.29, 1.82) is 0 Å². The van der Waals surface area contributed by atoms with Crippen LogP contribution in [0, 0.1) is 13.8 Å². The van der Waals surface area contributed by atoms with Gasteiger partial charge in [0, 0.05) is 7.05 Å². The average Bonchev–Trinajstić information content (AvgIpc) is 2.56. The molecule has 1 atom stereocenters. The fourth-order valence-corrected chi connectivity index (χ4v) is 4.20. The van der Waals surface area contributed by atoms with Gasteiger partial charge in [0.2, 0.25) is 10.0 Å². The molecule has 0 aliphatic carbocycles. The highest BCUT2D eigenvalue weighted by Crippen LogP contribution is 2.31. The predicted octanol–water partition coefficient (Wildman–Crippen LogP) is 2.76. The van der Waals surface area contributed by atoms with Crippen molar-refractivity contribution in [2.75, 3.05) is 20.2 Å². The Hall–Kier alpha value is -2.05. The summed E-state index contributed by atoms with van der Waals surface area (Å²) in [5.41, 5.74) is 1.65. The molecule has 1 heterocycles. The molecule has 1 aliphatic heterocycles. The molecule has 5 nitrogen and oxygen atoms in total. The Labute approximate surface area is 142 Å². The van der Waals surface area contributed by atoms with Gasteiger partial charge in [0.25, 0.3) is 0 Å². The Morgan fingerprint density at radius 1 is 1.12 bits per heavy atom. The van der Waals surface area contributed by atoms with Crippen molar-refractivity contribution >= 4 is 10.0 Å². The molecule has 0 bridgehead atoms. The summed E-state index contributed by atoms with van der Waals surface area (Å²) in [6.45, 7) is 4.23. The number of sulfonamides is 1. The molecule has 24 heavy (non-hydrogen) atoms. The quantitative estimate of drug-likeness (QED) is 0.853. The summed E-state index contributed by atoms with van der Waals surface area (Å²) in [7, 11) is -2.00. The van der Waals surface area contributed by atoms with Gasteiger partial charge in [-0.15, -0.1) is 0 Å². The maximum Gasteiger partial charge on any atom is 0.243 e. The van der Waals surface area contributed by atoms with Crippen LogP contribution in [0.25, 0.3) is 0 Å². The zero-order valence-electron chi connectivity index (χ0n) is 14.0. The van der Waals surface area contributed by atoms with Gasteiger partial charge in [-0.1, -0.05) is 24.3 Å². The number of aryl methyl sites for hydroxylation is 2. The molecule has 0 spiro atoms. The minimum Gasteiger partial charge on any atom is -0.486 e. The highest BCUT2D eigenvalue weighted by atomic mass is 32.2. The summed E-state index contributed by atoms with van der Waals surface area (Å²) in [6, 6.07) is 12.8. The first kappa shape index (κ1) is 16.8. The van der Waals surface area contributed by atoms with Gasteiger partial charge in [0.1, 0.15) is 12.7 Å². The van der Waals surface area contributed by atoms with Crippen molar-refractivity contribution in [3.05, 3.63) is 53.6 Å². The number of hydrogen-bond acceptors (Lipinski definition) is 4. The van der Waals surface area contributed by atoms with Crippen molar-refractivity contribution in [3.63, 3.8) is 0 Å². The Bertz CT molecular complexity index is 848. The molecule has 0 N–H and O–H groups in total. The minimum atomic E-state index is -3.57. The normalized spacial score (nSPS) is 17.1. The number of nitrogens with zero attached hydrogens (tertiary/aromatic N) is 1. The molecule has 0 fully saturated rings. The van der Waals surface area contributed by atoms with E-state index < -0.39 is 10.0 Å². The second-order valence-corrected chi connectivity index (χ2v) is 8.07. The molecule has 1 unspecified atom stereocenters. The van der Waals surface area contributed by atoms with Crippen LogP contribution >= 0.6 is 0 Å². The lowest BCUT2D eigenvalue weighted by Crippen LogP contribution is -2.41. The van der Waals surface area contributed by atoms with E-state index in [0.29, 0.717) is 23.0 Å². The van der Waals surface area contributed by atoms with E-state index in [2.05, 4.69) is 0 Å². The van der Waals surface area contributed by atoms with Gasteiger partial charge in [0.05, 0.1) is 11.4 Å². The van der Waals surface area contributed by atoms with Gasteiger partial charge in [-0.3, -0.25) is 0 Å². The summed E-state index contributed by atoms with van der Waals surface area (Å²) in [5.74, 6) is 1.33. The lowest BCUT2D eigenvalue weighted by molar-refractivity contribution is 0.0798.